The van der Waals surface area contributed by atoms with Gasteiger partial charge in [0.05, 0.1) is 0 Å². The van der Waals surface area contributed by atoms with E-state index in [2.05, 4.69) is 58.1 Å². The van der Waals surface area contributed by atoms with E-state index in [0.717, 1.165) is 13.0 Å². The summed E-state index contributed by atoms with van der Waals surface area (Å²) in [5.74, 6) is 0.541. The molecule has 0 spiro atoms. The standard InChI is InChI=1S/C17H30N2/c1-12(11-18)9-16(19-6)15-8-7-14(10-13(15)2)17(3,4)5/h7-8,10,12,16,19H,9,11,18H2,1-6H3. The molecule has 0 saturated carbocycles. The number of aryl methyl sites for hydroxylation is 1. The second-order valence-electron chi connectivity index (χ2n) is 6.74. The molecule has 2 nitrogen and oxygen atoms in total. The summed E-state index contributed by atoms with van der Waals surface area (Å²) in [7, 11) is 2.03. The van der Waals surface area contributed by atoms with Crippen LogP contribution in [0.1, 0.15) is 56.8 Å². The Kier molecular flexibility index (Phi) is 5.57. The maximum absolute atomic E-state index is 5.74. The Morgan fingerprint density at radius 1 is 1.26 bits per heavy atom. The highest BCUT2D eigenvalue weighted by Gasteiger charge is 2.18. The molecule has 0 bridgehead atoms. The first-order valence-corrected chi connectivity index (χ1v) is 7.28. The number of benzene rings is 1. The second-order valence-corrected chi connectivity index (χ2v) is 6.74. The lowest BCUT2D eigenvalue weighted by Crippen LogP contribution is -2.23. The Labute approximate surface area is 118 Å². The molecule has 1 aromatic carbocycles. The lowest BCUT2D eigenvalue weighted by molar-refractivity contribution is 0.436. The Balaban J connectivity index is 3.00. The molecule has 0 aliphatic rings. The van der Waals surface area contributed by atoms with Gasteiger partial charge in [-0.2, -0.15) is 0 Å². The van der Waals surface area contributed by atoms with Crippen LogP contribution in [0.15, 0.2) is 18.2 Å². The predicted molar refractivity (Wildman–Crippen MR) is 84.5 cm³/mol. The van der Waals surface area contributed by atoms with Gasteiger partial charge in [0.1, 0.15) is 0 Å². The van der Waals surface area contributed by atoms with Gasteiger partial charge in [0.2, 0.25) is 0 Å². The largest absolute Gasteiger partial charge is 0.330 e. The first kappa shape index (κ1) is 16.2. The third-order valence-corrected chi connectivity index (χ3v) is 3.90. The van der Waals surface area contributed by atoms with Crippen molar-refractivity contribution in [2.45, 2.75) is 52.5 Å². The molecule has 3 N–H and O–H groups in total. The van der Waals surface area contributed by atoms with Gasteiger partial charge in [0.15, 0.2) is 0 Å². The molecule has 2 heteroatoms. The fourth-order valence-electron chi connectivity index (χ4n) is 2.43. The van der Waals surface area contributed by atoms with Crippen LogP contribution in [0.25, 0.3) is 0 Å². The van der Waals surface area contributed by atoms with Crippen LogP contribution in [-0.2, 0) is 5.41 Å². The van der Waals surface area contributed by atoms with Crippen molar-refractivity contribution in [3.63, 3.8) is 0 Å². The first-order chi connectivity index (χ1) is 8.79. The highest BCUT2D eigenvalue weighted by molar-refractivity contribution is 5.36. The van der Waals surface area contributed by atoms with E-state index in [1.54, 1.807) is 0 Å². The minimum absolute atomic E-state index is 0.211. The zero-order valence-electron chi connectivity index (χ0n) is 13.4. The van der Waals surface area contributed by atoms with E-state index in [1.165, 1.54) is 16.7 Å². The van der Waals surface area contributed by atoms with Crippen LogP contribution >= 0.6 is 0 Å². The van der Waals surface area contributed by atoms with Crippen molar-refractivity contribution in [3.05, 3.63) is 34.9 Å². The lowest BCUT2D eigenvalue weighted by Gasteiger charge is -2.25. The molecule has 108 valence electrons. The fraction of sp³-hybridized carbons (Fsp3) is 0.647. The van der Waals surface area contributed by atoms with E-state index in [-0.39, 0.29) is 5.41 Å². The zero-order chi connectivity index (χ0) is 14.6. The highest BCUT2D eigenvalue weighted by Crippen LogP contribution is 2.29. The van der Waals surface area contributed by atoms with Crippen molar-refractivity contribution in [1.29, 1.82) is 0 Å². The van der Waals surface area contributed by atoms with Crippen LogP contribution in [0.5, 0.6) is 0 Å². The van der Waals surface area contributed by atoms with Crippen LogP contribution in [-0.4, -0.2) is 13.6 Å². The molecule has 1 rings (SSSR count). The molecule has 0 aromatic heterocycles. The molecule has 0 saturated heterocycles. The van der Waals surface area contributed by atoms with Crippen molar-refractivity contribution in [2.24, 2.45) is 11.7 Å². The fourth-order valence-corrected chi connectivity index (χ4v) is 2.43. The van der Waals surface area contributed by atoms with Crippen molar-refractivity contribution >= 4 is 0 Å². The van der Waals surface area contributed by atoms with Crippen molar-refractivity contribution in [3.8, 4) is 0 Å². The summed E-state index contributed by atoms with van der Waals surface area (Å²) >= 11 is 0. The molecule has 19 heavy (non-hydrogen) atoms. The van der Waals surface area contributed by atoms with Gasteiger partial charge in [0.25, 0.3) is 0 Å². The van der Waals surface area contributed by atoms with E-state index >= 15 is 0 Å². The smallest absolute Gasteiger partial charge is 0.0323 e. The van der Waals surface area contributed by atoms with Gasteiger partial charge in [-0.3, -0.25) is 0 Å². The predicted octanol–water partition coefficient (Wildman–Crippen LogP) is 3.54. The minimum atomic E-state index is 0.211. The highest BCUT2D eigenvalue weighted by atomic mass is 14.9. The molecule has 2 atom stereocenters. The Morgan fingerprint density at radius 3 is 2.32 bits per heavy atom. The molecular weight excluding hydrogens is 232 g/mol. The number of nitrogens with two attached hydrogens (primary N) is 1. The van der Waals surface area contributed by atoms with Crippen LogP contribution < -0.4 is 11.1 Å². The van der Waals surface area contributed by atoms with Crippen molar-refractivity contribution < 1.29 is 0 Å². The molecule has 0 fully saturated rings. The molecule has 0 heterocycles. The molecule has 1 aromatic rings. The summed E-state index contributed by atoms with van der Waals surface area (Å²) in [6, 6.07) is 7.26. The van der Waals surface area contributed by atoms with Gasteiger partial charge in [-0.1, -0.05) is 45.9 Å². The SMILES string of the molecule is CNC(CC(C)CN)c1ccc(C(C)(C)C)cc1C. The van der Waals surface area contributed by atoms with Gasteiger partial charge < -0.3 is 11.1 Å². The Morgan fingerprint density at radius 2 is 1.89 bits per heavy atom. The maximum atomic E-state index is 5.74. The normalized spacial score (nSPS) is 15.3. The third kappa shape index (κ3) is 4.32. The van der Waals surface area contributed by atoms with Crippen LogP contribution in [0.3, 0.4) is 0 Å². The number of hydrogen-bond acceptors (Lipinski definition) is 2. The lowest BCUT2D eigenvalue weighted by atomic mass is 9.84. The van der Waals surface area contributed by atoms with E-state index in [1.807, 2.05) is 7.05 Å². The maximum Gasteiger partial charge on any atom is 0.0323 e. The number of rotatable bonds is 5. The van der Waals surface area contributed by atoms with Crippen molar-refractivity contribution in [1.82, 2.24) is 5.32 Å². The molecule has 0 radical (unpaired) electrons. The van der Waals surface area contributed by atoms with E-state index < -0.39 is 0 Å². The summed E-state index contributed by atoms with van der Waals surface area (Å²) in [6.07, 6.45) is 1.09. The topological polar surface area (TPSA) is 38.0 Å². The van der Waals surface area contributed by atoms with Crippen LogP contribution in [0.4, 0.5) is 0 Å². The second kappa shape index (κ2) is 6.53. The molecule has 2 unspecified atom stereocenters. The van der Waals surface area contributed by atoms with E-state index in [4.69, 9.17) is 5.73 Å². The third-order valence-electron chi connectivity index (χ3n) is 3.90. The minimum Gasteiger partial charge on any atom is -0.330 e. The van der Waals surface area contributed by atoms with Gasteiger partial charge in [0, 0.05) is 6.04 Å². The molecule has 0 aliphatic carbocycles. The summed E-state index contributed by atoms with van der Waals surface area (Å²) in [5, 5.41) is 3.43. The average Bonchev–Trinajstić information content (AvgIpc) is 2.34. The van der Waals surface area contributed by atoms with Gasteiger partial charge in [-0.15, -0.1) is 0 Å². The van der Waals surface area contributed by atoms with E-state index in [0.29, 0.717) is 12.0 Å². The Bertz CT molecular complexity index is 404. The van der Waals surface area contributed by atoms with Gasteiger partial charge in [-0.25, -0.2) is 0 Å². The van der Waals surface area contributed by atoms with Crippen LogP contribution in [0.2, 0.25) is 0 Å². The zero-order valence-corrected chi connectivity index (χ0v) is 13.4. The summed E-state index contributed by atoms with van der Waals surface area (Å²) in [5.41, 5.74) is 10.1. The van der Waals surface area contributed by atoms with E-state index in [9.17, 15) is 0 Å². The number of hydrogen-bond donors (Lipinski definition) is 2. The van der Waals surface area contributed by atoms with Gasteiger partial charge in [-0.05, 0) is 55.0 Å². The summed E-state index contributed by atoms with van der Waals surface area (Å²) < 4.78 is 0. The number of nitrogens with one attached hydrogen (secondary N) is 1. The monoisotopic (exact) mass is 262 g/mol. The van der Waals surface area contributed by atoms with Gasteiger partial charge >= 0.3 is 0 Å². The summed E-state index contributed by atoms with van der Waals surface area (Å²) in [6.45, 7) is 11.9. The quantitative estimate of drug-likeness (QED) is 0.852. The molecule has 0 amide bonds. The Hall–Kier alpha value is -0.860. The first-order valence-electron chi connectivity index (χ1n) is 7.28. The van der Waals surface area contributed by atoms with Crippen molar-refractivity contribution in [2.75, 3.05) is 13.6 Å². The van der Waals surface area contributed by atoms with Crippen LogP contribution in [0, 0.1) is 12.8 Å². The summed E-state index contributed by atoms with van der Waals surface area (Å²) in [4.78, 5) is 0. The molecule has 0 aliphatic heterocycles. The average molecular weight is 262 g/mol. The molecular formula is C17H30N2.